The second-order valence-corrected chi connectivity index (χ2v) is 1.000. The molecule has 0 aromatic carbocycles. The molecule has 0 heterocycles. The van der Waals surface area contributed by atoms with Crippen LogP contribution in [-0.4, -0.2) is 0 Å². The smallest absolute Gasteiger partial charge is 0 e. The van der Waals surface area contributed by atoms with Gasteiger partial charge in [-0.25, -0.2) is 0 Å². The Morgan fingerprint density at radius 2 is 0.889 bits per heavy atom. The molecule has 56 valence electrons. The summed E-state index contributed by atoms with van der Waals surface area (Å²) in [5.41, 5.74) is 0. The first kappa shape index (κ1) is 22.6. The molecular formula is C8H19Zn-3. The molecule has 9 heavy (non-hydrogen) atoms. The molecule has 0 aliphatic rings. The van der Waals surface area contributed by atoms with Gasteiger partial charge in [0.15, 0.2) is 0 Å². The zero-order chi connectivity index (χ0) is 7.41. The van der Waals surface area contributed by atoms with Crippen LogP contribution in [0.1, 0.15) is 33.6 Å². The van der Waals surface area contributed by atoms with Gasteiger partial charge in [0, 0.05) is 19.5 Å². The number of hydrogen-bond acceptors (Lipinski definition) is 0. The van der Waals surface area contributed by atoms with Crippen LogP contribution in [0.5, 0.6) is 0 Å². The summed E-state index contributed by atoms with van der Waals surface area (Å²) in [5.74, 6) is 0. The fourth-order valence-electron chi connectivity index (χ4n) is 0. The van der Waals surface area contributed by atoms with E-state index < -0.39 is 0 Å². The second kappa shape index (κ2) is 72.8. The first-order valence-corrected chi connectivity index (χ1v) is 3.12. The molecule has 0 bridgehead atoms. The third kappa shape index (κ3) is 973. The molecule has 0 spiro atoms. The maximum atomic E-state index is 3.49. The molecule has 0 rings (SSSR count). The zero-order valence-corrected chi connectivity index (χ0v) is 10.2. The Balaban J connectivity index is -0.0000000202. The molecule has 0 saturated heterocycles. The van der Waals surface area contributed by atoms with Gasteiger partial charge in [0.05, 0.1) is 0 Å². The van der Waals surface area contributed by atoms with Gasteiger partial charge in [0.25, 0.3) is 0 Å². The van der Waals surface area contributed by atoms with Crippen LogP contribution in [0.2, 0.25) is 0 Å². The van der Waals surface area contributed by atoms with E-state index >= 15 is 0 Å². The average Bonchev–Trinajstić information content (AvgIpc) is 1.75. The third-order valence-electron chi connectivity index (χ3n) is 0. The SMILES string of the molecule is [CH2-]C.[CH2-]CC.[CH2-]CC.[Zn]. The predicted molar refractivity (Wildman–Crippen MR) is 42.3 cm³/mol. The van der Waals surface area contributed by atoms with Crippen molar-refractivity contribution in [2.24, 2.45) is 0 Å². The van der Waals surface area contributed by atoms with Gasteiger partial charge in [-0.1, -0.05) is 13.8 Å². The summed E-state index contributed by atoms with van der Waals surface area (Å²) in [6.45, 7) is 16.0. The molecule has 0 fully saturated rings. The van der Waals surface area contributed by atoms with Gasteiger partial charge in [0.2, 0.25) is 0 Å². The number of rotatable bonds is 0. The third-order valence-corrected chi connectivity index (χ3v) is 0. The van der Waals surface area contributed by atoms with Crippen molar-refractivity contribution in [1.82, 2.24) is 0 Å². The second-order valence-electron chi connectivity index (χ2n) is 1.000. The minimum atomic E-state index is 0. The largest absolute Gasteiger partial charge is 0.346 e. The zero-order valence-electron chi connectivity index (χ0n) is 7.24. The molecular weight excluding hydrogens is 161 g/mol. The van der Waals surface area contributed by atoms with Gasteiger partial charge in [-0.2, -0.15) is 19.8 Å². The van der Waals surface area contributed by atoms with Gasteiger partial charge in [-0.3, -0.25) is 0 Å². The summed E-state index contributed by atoms with van der Waals surface area (Å²) in [6, 6.07) is 0. The molecule has 0 amide bonds. The molecule has 0 aliphatic heterocycles. The Hall–Kier alpha value is 0.623. The average molecular weight is 181 g/mol. The van der Waals surface area contributed by atoms with Crippen LogP contribution in [0.25, 0.3) is 0 Å². The summed E-state index contributed by atoms with van der Waals surface area (Å²) < 4.78 is 0. The van der Waals surface area contributed by atoms with Crippen molar-refractivity contribution in [2.45, 2.75) is 33.6 Å². The van der Waals surface area contributed by atoms with E-state index in [1.54, 1.807) is 6.92 Å². The Labute approximate surface area is 74.2 Å². The van der Waals surface area contributed by atoms with Gasteiger partial charge < -0.3 is 20.8 Å². The van der Waals surface area contributed by atoms with Crippen LogP contribution in [0, 0.1) is 20.8 Å². The van der Waals surface area contributed by atoms with Crippen molar-refractivity contribution >= 4 is 0 Å². The van der Waals surface area contributed by atoms with Crippen LogP contribution in [0.4, 0.5) is 0 Å². The fourth-order valence-corrected chi connectivity index (χ4v) is 0. The molecule has 0 atom stereocenters. The van der Waals surface area contributed by atoms with Crippen molar-refractivity contribution in [1.29, 1.82) is 0 Å². The summed E-state index contributed by atoms with van der Waals surface area (Å²) in [5, 5.41) is 0. The molecule has 0 saturated carbocycles. The molecule has 0 N–H and O–H groups in total. The van der Waals surface area contributed by atoms with E-state index in [0.717, 1.165) is 12.8 Å². The molecule has 0 nitrogen and oxygen atoms in total. The predicted octanol–water partition coefficient (Wildman–Crippen LogP) is 3.30. The van der Waals surface area contributed by atoms with E-state index in [4.69, 9.17) is 0 Å². The minimum Gasteiger partial charge on any atom is -0.346 e. The Morgan fingerprint density at radius 3 is 0.889 bits per heavy atom. The first-order chi connectivity index (χ1) is 3.83. The van der Waals surface area contributed by atoms with E-state index in [-0.39, 0.29) is 19.5 Å². The molecule has 0 unspecified atom stereocenters. The van der Waals surface area contributed by atoms with Crippen molar-refractivity contribution in [3.05, 3.63) is 20.8 Å². The van der Waals surface area contributed by atoms with Crippen molar-refractivity contribution in [3.63, 3.8) is 0 Å². The minimum absolute atomic E-state index is 0. The maximum Gasteiger partial charge on any atom is 0 e. The van der Waals surface area contributed by atoms with Crippen LogP contribution in [0.15, 0.2) is 0 Å². The van der Waals surface area contributed by atoms with E-state index in [1.165, 1.54) is 0 Å². The quantitative estimate of drug-likeness (QED) is 0.396. The summed E-state index contributed by atoms with van der Waals surface area (Å²) in [6.07, 6.45) is 2.00. The number of hydrogen-bond donors (Lipinski definition) is 0. The Bertz CT molecular complexity index is 6.53. The normalized spacial score (nSPS) is 4.67. The monoisotopic (exact) mass is 179 g/mol. The molecule has 0 aliphatic carbocycles. The molecule has 0 aromatic rings. The summed E-state index contributed by atoms with van der Waals surface area (Å²) >= 11 is 0. The summed E-state index contributed by atoms with van der Waals surface area (Å²) in [7, 11) is 0. The van der Waals surface area contributed by atoms with Gasteiger partial charge >= 0.3 is 0 Å². The van der Waals surface area contributed by atoms with E-state index in [2.05, 4.69) is 20.8 Å². The van der Waals surface area contributed by atoms with Crippen LogP contribution < -0.4 is 0 Å². The Kier molecular flexibility index (Phi) is 183. The van der Waals surface area contributed by atoms with Crippen LogP contribution >= 0.6 is 0 Å². The van der Waals surface area contributed by atoms with Crippen molar-refractivity contribution in [2.75, 3.05) is 0 Å². The van der Waals surface area contributed by atoms with Crippen molar-refractivity contribution < 1.29 is 19.5 Å². The molecule has 0 aromatic heterocycles. The first-order valence-electron chi connectivity index (χ1n) is 3.12. The summed E-state index contributed by atoms with van der Waals surface area (Å²) in [4.78, 5) is 0. The molecule has 0 radical (unpaired) electrons. The maximum absolute atomic E-state index is 3.49. The standard InChI is InChI=1S/2C3H7.C2H5.Zn/c2*1-3-2;1-2;/h2*1,3H2,2H3;1H2,2H3;/q3*-1;. The van der Waals surface area contributed by atoms with Crippen molar-refractivity contribution in [3.8, 4) is 0 Å². The molecule has 1 heteroatoms. The topological polar surface area (TPSA) is 0 Å². The van der Waals surface area contributed by atoms with Crippen LogP contribution in [-0.2, 0) is 19.5 Å². The van der Waals surface area contributed by atoms with Gasteiger partial charge in [-0.05, 0) is 0 Å². The van der Waals surface area contributed by atoms with E-state index in [1.807, 2.05) is 13.8 Å². The van der Waals surface area contributed by atoms with Gasteiger partial charge in [0.1, 0.15) is 0 Å². The Morgan fingerprint density at radius 1 is 0.889 bits per heavy atom. The van der Waals surface area contributed by atoms with Gasteiger partial charge in [-0.15, -0.1) is 0 Å². The van der Waals surface area contributed by atoms with E-state index in [0.29, 0.717) is 0 Å². The fraction of sp³-hybridized carbons (Fsp3) is 0.625. The van der Waals surface area contributed by atoms with Crippen LogP contribution in [0.3, 0.4) is 0 Å². The van der Waals surface area contributed by atoms with E-state index in [9.17, 15) is 0 Å².